The molecule has 0 aliphatic rings. The van der Waals surface area contributed by atoms with Crippen LogP contribution in [0, 0.1) is 13.8 Å². The van der Waals surface area contributed by atoms with E-state index in [1.165, 1.54) is 0 Å². The SMILES string of the molecule is Cc1ncn(-c2cccc(Cl)c2)c1C. The molecule has 0 saturated heterocycles. The van der Waals surface area contributed by atoms with E-state index in [0.717, 1.165) is 22.1 Å². The first-order chi connectivity index (χ1) is 6.68. The molecule has 0 aliphatic heterocycles. The summed E-state index contributed by atoms with van der Waals surface area (Å²) in [5, 5.41) is 0.744. The molecule has 0 aliphatic carbocycles. The molecule has 0 fully saturated rings. The van der Waals surface area contributed by atoms with Crippen LogP contribution >= 0.6 is 11.6 Å². The Morgan fingerprint density at radius 2 is 2.07 bits per heavy atom. The van der Waals surface area contributed by atoms with Gasteiger partial charge in [0.1, 0.15) is 0 Å². The Kier molecular flexibility index (Phi) is 2.30. The van der Waals surface area contributed by atoms with Gasteiger partial charge < -0.3 is 4.57 Å². The van der Waals surface area contributed by atoms with E-state index >= 15 is 0 Å². The molecule has 1 aromatic carbocycles. The average molecular weight is 207 g/mol. The molecule has 3 heteroatoms. The number of hydrogen-bond acceptors (Lipinski definition) is 1. The Morgan fingerprint density at radius 1 is 1.29 bits per heavy atom. The van der Waals surface area contributed by atoms with Crippen LogP contribution in [0.4, 0.5) is 0 Å². The van der Waals surface area contributed by atoms with Crippen LogP contribution in [0.1, 0.15) is 11.4 Å². The molecule has 0 saturated carbocycles. The Bertz CT molecular complexity index is 460. The molecule has 0 bridgehead atoms. The topological polar surface area (TPSA) is 17.8 Å². The molecule has 1 heterocycles. The van der Waals surface area contributed by atoms with Crippen LogP contribution in [0.5, 0.6) is 0 Å². The second-order valence-corrected chi connectivity index (χ2v) is 3.70. The van der Waals surface area contributed by atoms with E-state index in [1.807, 2.05) is 49.0 Å². The zero-order valence-corrected chi connectivity index (χ0v) is 8.92. The van der Waals surface area contributed by atoms with Crippen LogP contribution in [0.25, 0.3) is 5.69 Å². The van der Waals surface area contributed by atoms with Gasteiger partial charge in [0.15, 0.2) is 0 Å². The normalized spacial score (nSPS) is 10.5. The van der Waals surface area contributed by atoms with Crippen molar-refractivity contribution in [3.8, 4) is 5.69 Å². The standard InChI is InChI=1S/C11H11ClN2/c1-8-9(2)14(7-13-8)11-5-3-4-10(12)6-11/h3-7H,1-2H3. The number of imidazole rings is 1. The summed E-state index contributed by atoms with van der Waals surface area (Å²) in [4.78, 5) is 4.24. The third-order valence-corrected chi connectivity index (χ3v) is 2.57. The fourth-order valence-electron chi connectivity index (χ4n) is 1.38. The second kappa shape index (κ2) is 3.46. The van der Waals surface area contributed by atoms with E-state index in [-0.39, 0.29) is 0 Å². The predicted octanol–water partition coefficient (Wildman–Crippen LogP) is 3.14. The van der Waals surface area contributed by atoms with Crippen molar-refractivity contribution < 1.29 is 0 Å². The minimum Gasteiger partial charge on any atom is -0.303 e. The summed E-state index contributed by atoms with van der Waals surface area (Å²) >= 11 is 5.92. The molecule has 2 rings (SSSR count). The van der Waals surface area contributed by atoms with Gasteiger partial charge >= 0.3 is 0 Å². The highest BCUT2D eigenvalue weighted by molar-refractivity contribution is 6.30. The van der Waals surface area contributed by atoms with Gasteiger partial charge in [-0.3, -0.25) is 0 Å². The van der Waals surface area contributed by atoms with Gasteiger partial charge in [0, 0.05) is 16.4 Å². The van der Waals surface area contributed by atoms with Crippen molar-refractivity contribution in [3.05, 3.63) is 47.0 Å². The zero-order valence-electron chi connectivity index (χ0n) is 8.16. The van der Waals surface area contributed by atoms with Crippen LogP contribution < -0.4 is 0 Å². The first-order valence-electron chi connectivity index (χ1n) is 4.45. The highest BCUT2D eigenvalue weighted by Crippen LogP contribution is 2.17. The van der Waals surface area contributed by atoms with E-state index in [9.17, 15) is 0 Å². The van der Waals surface area contributed by atoms with Crippen LogP contribution in [-0.2, 0) is 0 Å². The number of halogens is 1. The molecule has 0 spiro atoms. The lowest BCUT2D eigenvalue weighted by molar-refractivity contribution is 1.00. The van der Waals surface area contributed by atoms with Gasteiger partial charge in [0.05, 0.1) is 12.0 Å². The molecule has 0 N–H and O–H groups in total. The molecule has 2 nitrogen and oxygen atoms in total. The second-order valence-electron chi connectivity index (χ2n) is 3.27. The van der Waals surface area contributed by atoms with E-state index in [1.54, 1.807) is 0 Å². The smallest absolute Gasteiger partial charge is 0.0997 e. The fraction of sp³-hybridized carbons (Fsp3) is 0.182. The Hall–Kier alpha value is -1.28. The van der Waals surface area contributed by atoms with Gasteiger partial charge in [0.2, 0.25) is 0 Å². The molecule has 1 aromatic heterocycles. The molecule has 0 atom stereocenters. The van der Waals surface area contributed by atoms with Crippen molar-refractivity contribution in [2.24, 2.45) is 0 Å². The molecule has 2 aromatic rings. The molecular formula is C11H11ClN2. The summed E-state index contributed by atoms with van der Waals surface area (Å²) in [6.45, 7) is 4.04. The van der Waals surface area contributed by atoms with E-state index < -0.39 is 0 Å². The minimum absolute atomic E-state index is 0.744. The van der Waals surface area contributed by atoms with Gasteiger partial charge in [-0.25, -0.2) is 4.98 Å². The van der Waals surface area contributed by atoms with E-state index in [0.29, 0.717) is 0 Å². The number of nitrogens with zero attached hydrogens (tertiary/aromatic N) is 2. The third-order valence-electron chi connectivity index (χ3n) is 2.34. The molecule has 72 valence electrons. The van der Waals surface area contributed by atoms with Crippen molar-refractivity contribution >= 4 is 11.6 Å². The lowest BCUT2D eigenvalue weighted by Gasteiger charge is -2.05. The molecule has 0 amide bonds. The molecule has 0 unspecified atom stereocenters. The first-order valence-corrected chi connectivity index (χ1v) is 4.83. The minimum atomic E-state index is 0.744. The molecule has 14 heavy (non-hydrogen) atoms. The summed E-state index contributed by atoms with van der Waals surface area (Å²) in [7, 11) is 0. The highest BCUT2D eigenvalue weighted by Gasteiger charge is 2.03. The van der Waals surface area contributed by atoms with Crippen molar-refractivity contribution in [2.75, 3.05) is 0 Å². The van der Waals surface area contributed by atoms with Crippen LogP contribution in [0.3, 0.4) is 0 Å². The summed E-state index contributed by atoms with van der Waals surface area (Å²) in [6, 6.07) is 7.74. The van der Waals surface area contributed by atoms with Gasteiger partial charge in [-0.2, -0.15) is 0 Å². The van der Waals surface area contributed by atoms with Crippen molar-refractivity contribution in [3.63, 3.8) is 0 Å². The largest absolute Gasteiger partial charge is 0.303 e. The first kappa shape index (κ1) is 9.28. The maximum Gasteiger partial charge on any atom is 0.0997 e. The van der Waals surface area contributed by atoms with Crippen molar-refractivity contribution in [2.45, 2.75) is 13.8 Å². The quantitative estimate of drug-likeness (QED) is 0.701. The third kappa shape index (κ3) is 1.53. The van der Waals surface area contributed by atoms with Crippen molar-refractivity contribution in [1.82, 2.24) is 9.55 Å². The van der Waals surface area contributed by atoms with Gasteiger partial charge in [-0.1, -0.05) is 17.7 Å². The van der Waals surface area contributed by atoms with Gasteiger partial charge in [0.25, 0.3) is 0 Å². The zero-order chi connectivity index (χ0) is 10.1. The number of benzene rings is 1. The summed E-state index contributed by atoms with van der Waals surface area (Å²) < 4.78 is 2.03. The number of rotatable bonds is 1. The lowest BCUT2D eigenvalue weighted by Crippen LogP contribution is -1.94. The number of hydrogen-bond donors (Lipinski definition) is 0. The molecular weight excluding hydrogens is 196 g/mol. The predicted molar refractivity (Wildman–Crippen MR) is 58.0 cm³/mol. The number of aryl methyl sites for hydroxylation is 1. The van der Waals surface area contributed by atoms with E-state index in [2.05, 4.69) is 4.98 Å². The molecule has 0 radical (unpaired) electrons. The van der Waals surface area contributed by atoms with Gasteiger partial charge in [-0.05, 0) is 32.0 Å². The average Bonchev–Trinajstić information content (AvgIpc) is 2.48. The van der Waals surface area contributed by atoms with Crippen molar-refractivity contribution in [1.29, 1.82) is 0 Å². The maximum atomic E-state index is 5.92. The van der Waals surface area contributed by atoms with E-state index in [4.69, 9.17) is 11.6 Å². The maximum absolute atomic E-state index is 5.92. The summed E-state index contributed by atoms with van der Waals surface area (Å²) in [6.07, 6.45) is 1.82. The Morgan fingerprint density at radius 3 is 2.64 bits per heavy atom. The van der Waals surface area contributed by atoms with Crippen LogP contribution in [0.2, 0.25) is 5.02 Å². The van der Waals surface area contributed by atoms with Gasteiger partial charge in [-0.15, -0.1) is 0 Å². The Balaban J connectivity index is 2.55. The summed E-state index contributed by atoms with van der Waals surface area (Å²) in [5.41, 5.74) is 3.24. The van der Waals surface area contributed by atoms with Crippen LogP contribution in [-0.4, -0.2) is 9.55 Å². The number of aromatic nitrogens is 2. The van der Waals surface area contributed by atoms with Crippen LogP contribution in [0.15, 0.2) is 30.6 Å². The highest BCUT2D eigenvalue weighted by atomic mass is 35.5. The lowest BCUT2D eigenvalue weighted by atomic mass is 10.3. The fourth-order valence-corrected chi connectivity index (χ4v) is 1.57. The monoisotopic (exact) mass is 206 g/mol. The Labute approximate surface area is 88.2 Å². The summed E-state index contributed by atoms with van der Waals surface area (Å²) in [5.74, 6) is 0.